The minimum absolute atomic E-state index is 0.0525. The van der Waals surface area contributed by atoms with Gasteiger partial charge < -0.3 is 10.2 Å². The summed E-state index contributed by atoms with van der Waals surface area (Å²) in [6.07, 6.45) is 6.35. The number of rotatable bonds is 8. The molecular formula is C28H32N6O. The molecule has 3 heterocycles. The van der Waals surface area contributed by atoms with E-state index in [0.717, 1.165) is 48.7 Å². The van der Waals surface area contributed by atoms with Crippen molar-refractivity contribution in [3.8, 4) is 5.69 Å². The topological polar surface area (TPSA) is 75.9 Å². The second-order valence-corrected chi connectivity index (χ2v) is 9.38. The fraction of sp³-hybridized carbons (Fsp3) is 0.357. The van der Waals surface area contributed by atoms with E-state index in [1.807, 2.05) is 37.3 Å². The van der Waals surface area contributed by atoms with Crippen LogP contribution in [0.1, 0.15) is 40.7 Å². The van der Waals surface area contributed by atoms with E-state index in [-0.39, 0.29) is 5.91 Å². The Morgan fingerprint density at radius 2 is 1.86 bits per heavy atom. The molecule has 0 aliphatic carbocycles. The highest BCUT2D eigenvalue weighted by molar-refractivity contribution is 5.96. The van der Waals surface area contributed by atoms with Crippen molar-refractivity contribution in [3.63, 3.8) is 0 Å². The summed E-state index contributed by atoms with van der Waals surface area (Å²) in [4.78, 5) is 19.9. The molecule has 7 heteroatoms. The third-order valence-corrected chi connectivity index (χ3v) is 7.00. The Labute approximate surface area is 206 Å². The van der Waals surface area contributed by atoms with Gasteiger partial charge in [-0.05, 0) is 93.6 Å². The summed E-state index contributed by atoms with van der Waals surface area (Å²) in [6.45, 7) is 5.92. The normalized spacial score (nSPS) is 14.9. The maximum atomic E-state index is 12.9. The molecule has 0 atom stereocenters. The van der Waals surface area contributed by atoms with Crippen LogP contribution in [0.3, 0.4) is 0 Å². The number of carbonyl (C=O) groups is 1. The highest BCUT2D eigenvalue weighted by Crippen LogP contribution is 2.22. The van der Waals surface area contributed by atoms with Gasteiger partial charge in [-0.3, -0.25) is 4.79 Å². The Morgan fingerprint density at radius 3 is 2.69 bits per heavy atom. The van der Waals surface area contributed by atoms with Crippen molar-refractivity contribution in [1.82, 2.24) is 30.2 Å². The van der Waals surface area contributed by atoms with Crippen molar-refractivity contribution in [2.24, 2.45) is 5.92 Å². The molecule has 35 heavy (non-hydrogen) atoms. The van der Waals surface area contributed by atoms with Gasteiger partial charge in [-0.15, -0.1) is 5.10 Å². The first-order chi connectivity index (χ1) is 17.2. The molecule has 0 saturated carbocycles. The van der Waals surface area contributed by atoms with Crippen molar-refractivity contribution in [2.45, 2.75) is 32.6 Å². The summed E-state index contributed by atoms with van der Waals surface area (Å²) < 4.78 is 1.70. The van der Waals surface area contributed by atoms with Crippen LogP contribution >= 0.6 is 0 Å². The lowest BCUT2D eigenvalue weighted by Crippen LogP contribution is -2.36. The smallest absolute Gasteiger partial charge is 0.251 e. The predicted molar refractivity (Wildman–Crippen MR) is 138 cm³/mol. The van der Waals surface area contributed by atoms with E-state index in [9.17, 15) is 4.79 Å². The lowest BCUT2D eigenvalue weighted by Gasteiger charge is -2.32. The largest absolute Gasteiger partial charge is 0.352 e. The molecule has 0 spiro atoms. The molecule has 0 unspecified atom stereocenters. The first-order valence-corrected chi connectivity index (χ1v) is 12.5. The zero-order valence-electron chi connectivity index (χ0n) is 20.2. The summed E-state index contributed by atoms with van der Waals surface area (Å²) in [5.41, 5.74) is 5.19. The van der Waals surface area contributed by atoms with Crippen molar-refractivity contribution in [2.75, 3.05) is 26.2 Å². The number of nitrogens with zero attached hydrogens (tertiary/aromatic N) is 5. The Morgan fingerprint density at radius 1 is 1.03 bits per heavy atom. The summed E-state index contributed by atoms with van der Waals surface area (Å²) in [6, 6.07) is 20.2. The van der Waals surface area contributed by atoms with Crippen molar-refractivity contribution in [3.05, 3.63) is 83.6 Å². The molecule has 1 aliphatic heterocycles. The molecule has 4 aromatic rings. The molecule has 0 bridgehead atoms. The van der Waals surface area contributed by atoms with Crippen molar-refractivity contribution >= 4 is 17.1 Å². The number of carbonyl (C=O) groups excluding carboxylic acids is 1. The van der Waals surface area contributed by atoms with Crippen LogP contribution in [0.5, 0.6) is 0 Å². The lowest BCUT2D eigenvalue weighted by molar-refractivity contribution is 0.0949. The van der Waals surface area contributed by atoms with Gasteiger partial charge in [-0.25, -0.2) is 4.98 Å². The quantitative estimate of drug-likeness (QED) is 0.392. The molecule has 1 amide bonds. The molecule has 2 aromatic heterocycles. The van der Waals surface area contributed by atoms with E-state index in [0.29, 0.717) is 17.8 Å². The van der Waals surface area contributed by atoms with Gasteiger partial charge in [0.15, 0.2) is 5.65 Å². The number of piperidine rings is 1. The van der Waals surface area contributed by atoms with Crippen LogP contribution in [0.15, 0.2) is 66.9 Å². The van der Waals surface area contributed by atoms with E-state index in [2.05, 4.69) is 55.8 Å². The van der Waals surface area contributed by atoms with Gasteiger partial charge in [-0.2, -0.15) is 4.68 Å². The van der Waals surface area contributed by atoms with Crippen LogP contribution in [0.4, 0.5) is 0 Å². The summed E-state index contributed by atoms with van der Waals surface area (Å²) >= 11 is 0. The highest BCUT2D eigenvalue weighted by Gasteiger charge is 2.19. The zero-order chi connectivity index (χ0) is 24.0. The molecule has 1 aliphatic rings. The summed E-state index contributed by atoms with van der Waals surface area (Å²) in [5.74, 6) is 0.726. The third kappa shape index (κ3) is 5.41. The number of nitrogens with one attached hydrogen (secondary N) is 1. The van der Waals surface area contributed by atoms with Gasteiger partial charge in [0.05, 0.1) is 5.69 Å². The van der Waals surface area contributed by atoms with E-state index in [4.69, 9.17) is 0 Å². The molecule has 2 aromatic carbocycles. The van der Waals surface area contributed by atoms with Crippen molar-refractivity contribution < 1.29 is 4.79 Å². The van der Waals surface area contributed by atoms with Crippen LogP contribution < -0.4 is 5.32 Å². The van der Waals surface area contributed by atoms with E-state index >= 15 is 0 Å². The minimum Gasteiger partial charge on any atom is -0.352 e. The number of hydrogen-bond donors (Lipinski definition) is 1. The third-order valence-electron chi connectivity index (χ3n) is 7.00. The number of amides is 1. The maximum Gasteiger partial charge on any atom is 0.251 e. The second-order valence-electron chi connectivity index (χ2n) is 9.38. The fourth-order valence-corrected chi connectivity index (χ4v) is 4.99. The summed E-state index contributed by atoms with van der Waals surface area (Å²) in [7, 11) is 0. The molecule has 1 saturated heterocycles. The Balaban J connectivity index is 1.10. The molecule has 7 nitrogen and oxygen atoms in total. The SMILES string of the molecule is Cc1c(C(=O)NCCCN2CCC(Cc3ccccc3)CC2)cccc1-n1nnc2cccnc21. The molecule has 1 fully saturated rings. The molecule has 180 valence electrons. The number of benzene rings is 2. The predicted octanol–water partition coefficient (Wildman–Crippen LogP) is 4.20. The van der Waals surface area contributed by atoms with Gasteiger partial charge in [-0.1, -0.05) is 41.6 Å². The number of fused-ring (bicyclic) bond motifs is 1. The first kappa shape index (κ1) is 23.2. The van der Waals surface area contributed by atoms with Gasteiger partial charge in [0.1, 0.15) is 5.52 Å². The molecule has 1 N–H and O–H groups in total. The average molecular weight is 469 g/mol. The average Bonchev–Trinajstić information content (AvgIpc) is 3.32. The van der Waals surface area contributed by atoms with E-state index in [1.54, 1.807) is 10.9 Å². The summed E-state index contributed by atoms with van der Waals surface area (Å²) in [5, 5.41) is 11.5. The maximum absolute atomic E-state index is 12.9. The van der Waals surface area contributed by atoms with Crippen molar-refractivity contribution in [1.29, 1.82) is 0 Å². The number of aromatic nitrogens is 4. The van der Waals surface area contributed by atoms with Gasteiger partial charge in [0.25, 0.3) is 5.91 Å². The fourth-order valence-electron chi connectivity index (χ4n) is 4.99. The standard InChI is InChI=1S/C28H32N6O/c1-21-24(10-5-12-26(21)34-27-25(31-32-34)11-6-15-29-27)28(35)30-16-7-17-33-18-13-23(14-19-33)20-22-8-3-2-4-9-22/h2-6,8-12,15,23H,7,13-14,16-20H2,1H3,(H,30,35). The first-order valence-electron chi connectivity index (χ1n) is 12.5. The van der Waals surface area contributed by atoms with Crippen LogP contribution in [0.2, 0.25) is 0 Å². The Hall–Kier alpha value is -3.58. The van der Waals surface area contributed by atoms with Crippen LogP contribution in [0.25, 0.3) is 16.9 Å². The lowest BCUT2D eigenvalue weighted by atomic mass is 9.90. The van der Waals surface area contributed by atoms with Crippen LogP contribution in [-0.4, -0.2) is 57.0 Å². The number of pyridine rings is 1. The minimum atomic E-state index is -0.0525. The Kier molecular flexibility index (Phi) is 7.14. The van der Waals surface area contributed by atoms with Crippen LogP contribution in [0, 0.1) is 12.8 Å². The highest BCUT2D eigenvalue weighted by atomic mass is 16.1. The molecular weight excluding hydrogens is 436 g/mol. The number of hydrogen-bond acceptors (Lipinski definition) is 5. The van der Waals surface area contributed by atoms with Crippen LogP contribution in [-0.2, 0) is 6.42 Å². The van der Waals surface area contributed by atoms with E-state index < -0.39 is 0 Å². The number of likely N-dealkylation sites (tertiary alicyclic amines) is 1. The Bertz CT molecular complexity index is 1280. The zero-order valence-corrected chi connectivity index (χ0v) is 20.2. The second kappa shape index (κ2) is 10.8. The van der Waals surface area contributed by atoms with E-state index in [1.165, 1.54) is 24.8 Å². The van der Waals surface area contributed by atoms with Gasteiger partial charge in [0.2, 0.25) is 0 Å². The molecule has 5 rings (SSSR count). The van der Waals surface area contributed by atoms with Gasteiger partial charge >= 0.3 is 0 Å². The monoisotopic (exact) mass is 468 g/mol. The molecule has 0 radical (unpaired) electrons. The van der Waals surface area contributed by atoms with Gasteiger partial charge in [0, 0.05) is 18.3 Å².